The van der Waals surface area contributed by atoms with Gasteiger partial charge in [-0.2, -0.15) is 0 Å². The van der Waals surface area contributed by atoms with Gasteiger partial charge in [-0.1, -0.05) is 19.1 Å². The molecule has 3 nitrogen and oxygen atoms in total. The minimum atomic E-state index is 0.408. The second-order valence-electron chi connectivity index (χ2n) is 3.98. The summed E-state index contributed by atoms with van der Waals surface area (Å²) in [5.74, 6) is 0.869. The smallest absolute Gasteiger partial charge is 0.166 e. The molecule has 0 amide bonds. The molecule has 0 heterocycles. The van der Waals surface area contributed by atoms with Crippen molar-refractivity contribution >= 4 is 17.3 Å². The van der Waals surface area contributed by atoms with E-state index in [1.165, 1.54) is 5.56 Å². The molecule has 1 atom stereocenters. The Hall–Kier alpha value is -1.29. The molecule has 0 aliphatic rings. The molecule has 0 unspecified atom stereocenters. The normalized spacial score (nSPS) is 11.7. The first kappa shape index (κ1) is 13.8. The summed E-state index contributed by atoms with van der Waals surface area (Å²) < 4.78 is 5.10. The fraction of sp³-hybridized carbons (Fsp3) is 0.462. The minimum absolute atomic E-state index is 0.408. The first-order valence-electron chi connectivity index (χ1n) is 5.83. The lowest BCUT2D eigenvalue weighted by molar-refractivity contribution is 0.414. The van der Waals surface area contributed by atoms with Gasteiger partial charge in [0.25, 0.3) is 0 Å². The summed E-state index contributed by atoms with van der Waals surface area (Å²) >= 11 is 5.20. The van der Waals surface area contributed by atoms with Crippen molar-refractivity contribution in [3.8, 4) is 5.75 Å². The van der Waals surface area contributed by atoms with Gasteiger partial charge < -0.3 is 15.4 Å². The van der Waals surface area contributed by atoms with Crippen molar-refractivity contribution in [2.75, 3.05) is 7.11 Å². The van der Waals surface area contributed by atoms with E-state index in [0.717, 1.165) is 18.7 Å². The van der Waals surface area contributed by atoms with Crippen LogP contribution in [-0.2, 0) is 6.54 Å². The van der Waals surface area contributed by atoms with Gasteiger partial charge in [0.2, 0.25) is 0 Å². The number of hydrogen-bond donors (Lipinski definition) is 2. The predicted molar refractivity (Wildman–Crippen MR) is 75.3 cm³/mol. The summed E-state index contributed by atoms with van der Waals surface area (Å²) in [4.78, 5) is 0. The molecule has 0 aliphatic heterocycles. The quantitative estimate of drug-likeness (QED) is 0.789. The average Bonchev–Trinajstić information content (AvgIpc) is 2.36. The van der Waals surface area contributed by atoms with Crippen LogP contribution in [0.2, 0.25) is 0 Å². The van der Waals surface area contributed by atoms with Crippen LogP contribution >= 0.6 is 12.2 Å². The van der Waals surface area contributed by atoms with Gasteiger partial charge in [-0.3, -0.25) is 0 Å². The molecule has 0 saturated heterocycles. The Morgan fingerprint density at radius 3 is 2.53 bits per heavy atom. The van der Waals surface area contributed by atoms with Gasteiger partial charge in [-0.15, -0.1) is 0 Å². The highest BCUT2D eigenvalue weighted by Gasteiger charge is 2.01. The zero-order valence-electron chi connectivity index (χ0n) is 10.6. The first-order valence-corrected chi connectivity index (χ1v) is 6.23. The zero-order chi connectivity index (χ0) is 12.7. The molecular formula is C13H20N2OS. The van der Waals surface area contributed by atoms with Gasteiger partial charge >= 0.3 is 0 Å². The number of ether oxygens (including phenoxy) is 1. The van der Waals surface area contributed by atoms with Crippen LogP contribution in [0.3, 0.4) is 0 Å². The van der Waals surface area contributed by atoms with Gasteiger partial charge in [0.1, 0.15) is 5.75 Å². The van der Waals surface area contributed by atoms with Crippen LogP contribution in [0.4, 0.5) is 0 Å². The molecule has 1 aromatic rings. The van der Waals surface area contributed by atoms with Crippen molar-refractivity contribution in [1.29, 1.82) is 0 Å². The first-order chi connectivity index (χ1) is 8.15. The second kappa shape index (κ2) is 7.12. The van der Waals surface area contributed by atoms with Crippen molar-refractivity contribution in [3.63, 3.8) is 0 Å². The number of methoxy groups -OCH3 is 1. The molecule has 0 fully saturated rings. The van der Waals surface area contributed by atoms with E-state index in [0.29, 0.717) is 11.2 Å². The fourth-order valence-corrected chi connectivity index (χ4v) is 1.58. The van der Waals surface area contributed by atoms with Gasteiger partial charge in [0.05, 0.1) is 7.11 Å². The standard InChI is InChI=1S/C13H20N2OS/c1-4-10(2)15-13(17)14-9-11-5-7-12(16-3)8-6-11/h5-8,10H,4,9H2,1-3H3,(H2,14,15,17)/t10-/m1/s1. The molecule has 94 valence electrons. The van der Waals surface area contributed by atoms with Gasteiger partial charge in [0, 0.05) is 12.6 Å². The SMILES string of the molecule is CC[C@@H](C)NC(=S)NCc1ccc(OC)cc1. The van der Waals surface area contributed by atoms with Crippen LogP contribution in [0.25, 0.3) is 0 Å². The van der Waals surface area contributed by atoms with E-state index in [9.17, 15) is 0 Å². The maximum absolute atomic E-state index is 5.20. The van der Waals surface area contributed by atoms with Crippen LogP contribution in [0.15, 0.2) is 24.3 Å². The Balaban J connectivity index is 2.36. The highest BCUT2D eigenvalue weighted by Crippen LogP contribution is 2.10. The summed E-state index contributed by atoms with van der Waals surface area (Å²) in [6.45, 7) is 4.97. The molecule has 0 radical (unpaired) electrons. The molecule has 1 aromatic carbocycles. The Morgan fingerprint density at radius 2 is 2.00 bits per heavy atom. The van der Waals surface area contributed by atoms with Crippen molar-refractivity contribution < 1.29 is 4.74 Å². The highest BCUT2D eigenvalue weighted by atomic mass is 32.1. The summed E-state index contributed by atoms with van der Waals surface area (Å²) in [7, 11) is 1.67. The molecule has 0 bridgehead atoms. The van der Waals surface area contributed by atoms with Crippen molar-refractivity contribution in [2.24, 2.45) is 0 Å². The van der Waals surface area contributed by atoms with Crippen LogP contribution in [0.5, 0.6) is 5.75 Å². The van der Waals surface area contributed by atoms with Crippen LogP contribution < -0.4 is 15.4 Å². The number of rotatable bonds is 5. The maximum Gasteiger partial charge on any atom is 0.166 e. The molecule has 4 heteroatoms. The number of benzene rings is 1. The van der Waals surface area contributed by atoms with Gasteiger partial charge in [0.15, 0.2) is 5.11 Å². The average molecular weight is 252 g/mol. The number of hydrogen-bond acceptors (Lipinski definition) is 2. The van der Waals surface area contributed by atoms with Crippen molar-refractivity contribution in [1.82, 2.24) is 10.6 Å². The molecule has 0 saturated carbocycles. The van der Waals surface area contributed by atoms with Crippen LogP contribution in [0.1, 0.15) is 25.8 Å². The molecule has 0 aliphatic carbocycles. The largest absolute Gasteiger partial charge is 0.497 e. The lowest BCUT2D eigenvalue weighted by Crippen LogP contribution is -2.39. The zero-order valence-corrected chi connectivity index (χ0v) is 11.4. The molecule has 0 spiro atoms. The molecule has 2 N–H and O–H groups in total. The van der Waals surface area contributed by atoms with E-state index in [-0.39, 0.29) is 0 Å². The van der Waals surface area contributed by atoms with E-state index in [2.05, 4.69) is 24.5 Å². The maximum atomic E-state index is 5.20. The summed E-state index contributed by atoms with van der Waals surface area (Å²) in [6.07, 6.45) is 1.06. The van der Waals surface area contributed by atoms with Crippen LogP contribution in [0, 0.1) is 0 Å². The third kappa shape index (κ3) is 5.04. The Labute approximate surface area is 109 Å². The molecular weight excluding hydrogens is 232 g/mol. The predicted octanol–water partition coefficient (Wildman–Crippen LogP) is 2.46. The molecule has 17 heavy (non-hydrogen) atoms. The van der Waals surface area contributed by atoms with E-state index in [1.807, 2.05) is 24.3 Å². The third-order valence-electron chi connectivity index (χ3n) is 2.60. The minimum Gasteiger partial charge on any atom is -0.497 e. The molecule has 0 aromatic heterocycles. The third-order valence-corrected chi connectivity index (χ3v) is 2.86. The van der Waals surface area contributed by atoms with E-state index >= 15 is 0 Å². The monoisotopic (exact) mass is 252 g/mol. The van der Waals surface area contributed by atoms with Crippen LogP contribution in [-0.4, -0.2) is 18.3 Å². The number of thiocarbonyl (C=S) groups is 1. The van der Waals surface area contributed by atoms with Crippen molar-refractivity contribution in [3.05, 3.63) is 29.8 Å². The summed E-state index contributed by atoms with van der Waals surface area (Å²) in [5.41, 5.74) is 1.18. The Kier molecular flexibility index (Phi) is 5.77. The highest BCUT2D eigenvalue weighted by molar-refractivity contribution is 7.80. The second-order valence-corrected chi connectivity index (χ2v) is 4.39. The van der Waals surface area contributed by atoms with Gasteiger partial charge in [-0.05, 0) is 43.3 Å². The van der Waals surface area contributed by atoms with Gasteiger partial charge in [-0.25, -0.2) is 0 Å². The lowest BCUT2D eigenvalue weighted by atomic mass is 10.2. The van der Waals surface area contributed by atoms with Crippen molar-refractivity contribution in [2.45, 2.75) is 32.9 Å². The summed E-state index contributed by atoms with van der Waals surface area (Å²) in [5, 5.41) is 7.10. The van der Waals surface area contributed by atoms with E-state index in [1.54, 1.807) is 7.11 Å². The Morgan fingerprint density at radius 1 is 1.35 bits per heavy atom. The lowest BCUT2D eigenvalue weighted by Gasteiger charge is -2.15. The summed E-state index contributed by atoms with van der Waals surface area (Å²) in [6, 6.07) is 8.35. The van der Waals surface area contributed by atoms with E-state index < -0.39 is 0 Å². The Bertz CT molecular complexity index is 351. The fourth-order valence-electron chi connectivity index (χ4n) is 1.30. The topological polar surface area (TPSA) is 33.3 Å². The number of nitrogens with one attached hydrogen (secondary N) is 2. The van der Waals surface area contributed by atoms with E-state index in [4.69, 9.17) is 17.0 Å². The molecule has 1 rings (SSSR count).